The Hall–Kier alpha value is -1.02. The van der Waals surface area contributed by atoms with Crippen LogP contribution in [0.5, 0.6) is 0 Å². The molecule has 106 valence electrons. The average Bonchev–Trinajstić information content (AvgIpc) is 2.65. The van der Waals surface area contributed by atoms with Crippen LogP contribution in [0.15, 0.2) is 0 Å². The summed E-state index contributed by atoms with van der Waals surface area (Å²) in [7, 11) is -1.09. The van der Waals surface area contributed by atoms with Gasteiger partial charge in [0.25, 0.3) is 0 Å². The van der Waals surface area contributed by atoms with Crippen LogP contribution in [0.3, 0.4) is 0 Å². The van der Waals surface area contributed by atoms with E-state index < -0.39 is 30.1 Å². The second-order valence-corrected chi connectivity index (χ2v) is 5.68. The Labute approximate surface area is 109 Å². The highest BCUT2D eigenvalue weighted by molar-refractivity contribution is 6.61. The maximum absolute atomic E-state index is 13.0. The third kappa shape index (κ3) is 2.27. The van der Waals surface area contributed by atoms with Crippen LogP contribution in [0.25, 0.3) is 0 Å². The minimum atomic E-state index is -4.49. The summed E-state index contributed by atoms with van der Waals surface area (Å²) >= 11 is 0. The van der Waals surface area contributed by atoms with Crippen molar-refractivity contribution in [1.29, 1.82) is 0 Å². The summed E-state index contributed by atoms with van der Waals surface area (Å²) in [6.45, 7) is 8.42. The summed E-state index contributed by atoms with van der Waals surface area (Å²) in [5.41, 5.74) is -2.49. The Morgan fingerprint density at radius 3 is 2.00 bits per heavy atom. The molecule has 0 bridgehead atoms. The fourth-order valence-electron chi connectivity index (χ4n) is 1.94. The van der Waals surface area contributed by atoms with Crippen LogP contribution in [-0.4, -0.2) is 28.5 Å². The second kappa shape index (κ2) is 3.99. The standard InChI is InChI=1S/C11H16BF3N2O2/c1-6-7(11(13,14)15)8(17-16-6)12-18-9(2,3)10(4,5)19-12/h1-5H3,(H,16,17). The van der Waals surface area contributed by atoms with Crippen molar-refractivity contribution in [2.24, 2.45) is 0 Å². The fraction of sp³-hybridized carbons (Fsp3) is 0.727. The molecular formula is C11H16BF3N2O2. The molecule has 2 rings (SSSR count). The topological polar surface area (TPSA) is 47.1 Å². The van der Waals surface area contributed by atoms with E-state index in [1.807, 2.05) is 0 Å². The van der Waals surface area contributed by atoms with Crippen molar-refractivity contribution in [3.8, 4) is 0 Å². The van der Waals surface area contributed by atoms with Crippen molar-refractivity contribution in [2.45, 2.75) is 52.0 Å². The molecule has 0 radical (unpaired) electrons. The first-order valence-corrected chi connectivity index (χ1v) is 5.93. The van der Waals surface area contributed by atoms with E-state index in [0.717, 1.165) is 0 Å². The number of hydrogen-bond donors (Lipinski definition) is 1. The zero-order chi connectivity index (χ0) is 14.6. The molecule has 2 heterocycles. The molecule has 0 saturated carbocycles. The predicted molar refractivity (Wildman–Crippen MR) is 64.0 cm³/mol. The molecule has 1 aliphatic heterocycles. The van der Waals surface area contributed by atoms with E-state index in [2.05, 4.69) is 10.2 Å². The van der Waals surface area contributed by atoms with Gasteiger partial charge in [-0.25, -0.2) is 0 Å². The molecule has 1 N–H and O–H groups in total. The molecule has 1 aromatic heterocycles. The molecule has 0 aliphatic carbocycles. The van der Waals surface area contributed by atoms with Gasteiger partial charge < -0.3 is 9.31 Å². The first-order chi connectivity index (χ1) is 8.46. The molecule has 4 nitrogen and oxygen atoms in total. The van der Waals surface area contributed by atoms with Gasteiger partial charge in [-0.05, 0) is 34.6 Å². The van der Waals surface area contributed by atoms with Gasteiger partial charge >= 0.3 is 13.3 Å². The number of halogens is 3. The molecule has 1 aromatic rings. The van der Waals surface area contributed by atoms with Gasteiger partial charge in [0.05, 0.1) is 28.1 Å². The van der Waals surface area contributed by atoms with E-state index in [1.165, 1.54) is 6.92 Å². The Balaban J connectivity index is 2.41. The Bertz CT molecular complexity index is 481. The van der Waals surface area contributed by atoms with E-state index in [4.69, 9.17) is 9.31 Å². The highest BCUT2D eigenvalue weighted by atomic mass is 19.4. The maximum Gasteiger partial charge on any atom is 0.514 e. The van der Waals surface area contributed by atoms with Gasteiger partial charge in [-0.15, -0.1) is 0 Å². The second-order valence-electron chi connectivity index (χ2n) is 5.68. The number of aromatic nitrogens is 2. The van der Waals surface area contributed by atoms with Crippen LogP contribution in [-0.2, 0) is 15.5 Å². The number of aryl methyl sites for hydroxylation is 1. The summed E-state index contributed by atoms with van der Waals surface area (Å²) in [6, 6.07) is 0. The number of H-pyrrole nitrogens is 1. The van der Waals surface area contributed by atoms with Gasteiger partial charge in [-0.2, -0.15) is 18.3 Å². The molecule has 0 atom stereocenters. The van der Waals surface area contributed by atoms with Crippen LogP contribution in [0.2, 0.25) is 0 Å². The van der Waals surface area contributed by atoms with Gasteiger partial charge in [0.2, 0.25) is 0 Å². The molecule has 8 heteroatoms. The summed E-state index contributed by atoms with van der Waals surface area (Å²) in [4.78, 5) is 0. The maximum atomic E-state index is 13.0. The van der Waals surface area contributed by atoms with Crippen molar-refractivity contribution in [1.82, 2.24) is 10.2 Å². The van der Waals surface area contributed by atoms with Gasteiger partial charge in [-0.1, -0.05) is 0 Å². The van der Waals surface area contributed by atoms with Crippen molar-refractivity contribution in [3.05, 3.63) is 11.3 Å². The fourth-order valence-corrected chi connectivity index (χ4v) is 1.94. The number of nitrogens with zero attached hydrogens (tertiary/aromatic N) is 1. The summed E-state index contributed by atoms with van der Waals surface area (Å²) in [5.74, 6) is 0. The van der Waals surface area contributed by atoms with Crippen molar-refractivity contribution in [2.75, 3.05) is 0 Å². The lowest BCUT2D eigenvalue weighted by Crippen LogP contribution is -2.41. The largest absolute Gasteiger partial charge is 0.514 e. The molecule has 0 amide bonds. The van der Waals surface area contributed by atoms with Gasteiger partial charge in [0.15, 0.2) is 0 Å². The summed E-state index contributed by atoms with van der Waals surface area (Å²) in [5, 5.41) is 6.00. The monoisotopic (exact) mass is 276 g/mol. The first-order valence-electron chi connectivity index (χ1n) is 5.93. The van der Waals surface area contributed by atoms with E-state index in [0.29, 0.717) is 0 Å². The van der Waals surface area contributed by atoms with Crippen LogP contribution in [0.4, 0.5) is 13.2 Å². The highest BCUT2D eigenvalue weighted by Gasteiger charge is 2.55. The minimum Gasteiger partial charge on any atom is -0.398 e. The van der Waals surface area contributed by atoms with E-state index in [-0.39, 0.29) is 11.3 Å². The normalized spacial score (nSPS) is 22.0. The summed E-state index contributed by atoms with van der Waals surface area (Å²) in [6.07, 6.45) is -4.49. The van der Waals surface area contributed by atoms with Crippen LogP contribution >= 0.6 is 0 Å². The lowest BCUT2D eigenvalue weighted by atomic mass is 9.81. The number of alkyl halides is 3. The summed E-state index contributed by atoms with van der Waals surface area (Å²) < 4.78 is 50.2. The molecule has 1 aliphatic rings. The lowest BCUT2D eigenvalue weighted by molar-refractivity contribution is -0.137. The molecule has 0 spiro atoms. The zero-order valence-electron chi connectivity index (χ0n) is 11.5. The molecule has 0 aromatic carbocycles. The minimum absolute atomic E-state index is 0.114. The van der Waals surface area contributed by atoms with Crippen molar-refractivity contribution < 1.29 is 22.5 Å². The third-order valence-corrected chi connectivity index (χ3v) is 3.75. The van der Waals surface area contributed by atoms with Gasteiger partial charge in [0, 0.05) is 0 Å². The number of hydrogen-bond acceptors (Lipinski definition) is 3. The third-order valence-electron chi connectivity index (χ3n) is 3.75. The van der Waals surface area contributed by atoms with E-state index >= 15 is 0 Å². The number of aromatic amines is 1. The Kier molecular flexibility index (Phi) is 3.02. The SMILES string of the molecule is Cc1n[nH]c(B2OC(C)(C)C(C)(C)O2)c1C(F)(F)F. The van der Waals surface area contributed by atoms with E-state index in [1.54, 1.807) is 27.7 Å². The number of rotatable bonds is 1. The van der Waals surface area contributed by atoms with Crippen LogP contribution < -0.4 is 5.59 Å². The molecular weight excluding hydrogens is 260 g/mol. The Morgan fingerprint density at radius 1 is 1.11 bits per heavy atom. The first kappa shape index (κ1) is 14.4. The quantitative estimate of drug-likeness (QED) is 0.798. The average molecular weight is 276 g/mol. The van der Waals surface area contributed by atoms with Crippen molar-refractivity contribution >= 4 is 12.7 Å². The number of nitrogens with one attached hydrogen (secondary N) is 1. The van der Waals surface area contributed by atoms with Crippen molar-refractivity contribution in [3.63, 3.8) is 0 Å². The van der Waals surface area contributed by atoms with Crippen LogP contribution in [0.1, 0.15) is 39.0 Å². The predicted octanol–water partition coefficient (Wildman–Crippen LogP) is 2.04. The van der Waals surface area contributed by atoms with Gasteiger partial charge in [-0.3, -0.25) is 5.10 Å². The molecule has 0 unspecified atom stereocenters. The molecule has 1 saturated heterocycles. The van der Waals surface area contributed by atoms with E-state index in [9.17, 15) is 13.2 Å². The van der Waals surface area contributed by atoms with Gasteiger partial charge in [0.1, 0.15) is 0 Å². The highest BCUT2D eigenvalue weighted by Crippen LogP contribution is 2.38. The Morgan fingerprint density at radius 2 is 1.58 bits per heavy atom. The zero-order valence-corrected chi connectivity index (χ0v) is 11.5. The molecule has 1 fully saturated rings. The van der Waals surface area contributed by atoms with Crippen LogP contribution in [0, 0.1) is 6.92 Å². The smallest absolute Gasteiger partial charge is 0.398 e. The lowest BCUT2D eigenvalue weighted by Gasteiger charge is -2.32. The molecule has 19 heavy (non-hydrogen) atoms.